The smallest absolute Gasteiger partial charge is 0.314 e. The number of rotatable bonds is 3. The monoisotopic (exact) mass is 547 g/mol. The third kappa shape index (κ3) is 5.27. The molecule has 3 aliphatic rings. The number of carbonyl (C=O) groups is 2. The normalized spacial score (nSPS) is 19.0. The van der Waals surface area contributed by atoms with Crippen LogP contribution in [-0.2, 0) is 17.6 Å². The van der Waals surface area contributed by atoms with Crippen LogP contribution in [0.25, 0.3) is 0 Å². The summed E-state index contributed by atoms with van der Waals surface area (Å²) in [7, 11) is 0. The van der Waals surface area contributed by atoms with E-state index in [1.807, 2.05) is 23.1 Å². The summed E-state index contributed by atoms with van der Waals surface area (Å²) in [5.74, 6) is 1.89. The van der Waals surface area contributed by atoms with Crippen molar-refractivity contribution in [2.75, 3.05) is 26.2 Å². The van der Waals surface area contributed by atoms with Gasteiger partial charge in [0, 0.05) is 86.9 Å². The van der Waals surface area contributed by atoms with Crippen molar-refractivity contribution in [1.82, 2.24) is 14.8 Å². The first-order valence-corrected chi connectivity index (χ1v) is 13.8. The number of piperidine rings is 2. The zero-order valence-electron chi connectivity index (χ0n) is 20.1. The molecule has 36 heavy (non-hydrogen) atoms. The lowest BCUT2D eigenvalue weighted by molar-refractivity contribution is -0.133. The standard InChI is InChI=1S/C27H29Cl3N4O2/c28-20-12-18-1-2-19-13-21(29)15-32-26(19)25(24(18)22(30)14-20)17-5-9-33(10-6-17)23(35)11-16-3-7-34(8-4-16)27(31)36/h12-17H,1-11H2,(H-,31,36)/p+1. The maximum absolute atomic E-state index is 13.1. The van der Waals surface area contributed by atoms with Gasteiger partial charge in [0.05, 0.1) is 16.0 Å². The molecule has 0 saturated carbocycles. The van der Waals surface area contributed by atoms with Crippen LogP contribution < -0.4 is 5.73 Å². The van der Waals surface area contributed by atoms with Gasteiger partial charge in [0.1, 0.15) is 10.6 Å². The van der Waals surface area contributed by atoms with Gasteiger partial charge in [-0.15, -0.1) is 0 Å². The van der Waals surface area contributed by atoms with E-state index in [-0.39, 0.29) is 17.9 Å². The van der Waals surface area contributed by atoms with Crippen molar-refractivity contribution in [1.29, 1.82) is 0 Å². The molecule has 0 atom stereocenters. The van der Waals surface area contributed by atoms with Gasteiger partial charge in [0.2, 0.25) is 5.91 Å². The molecule has 3 amide bonds. The molecular formula is C27H30Cl3N4O2+. The highest BCUT2D eigenvalue weighted by molar-refractivity contribution is 6.35. The van der Waals surface area contributed by atoms with Gasteiger partial charge in [0.25, 0.3) is 0 Å². The summed E-state index contributed by atoms with van der Waals surface area (Å²) in [4.78, 5) is 32.9. The zero-order chi connectivity index (χ0) is 25.4. The molecule has 2 fully saturated rings. The van der Waals surface area contributed by atoms with Crippen LogP contribution in [-0.4, -0.2) is 52.9 Å². The van der Waals surface area contributed by atoms with Crippen molar-refractivity contribution in [2.24, 2.45) is 17.6 Å². The van der Waals surface area contributed by atoms with Gasteiger partial charge in [-0.2, -0.15) is 0 Å². The number of likely N-dealkylation sites (tertiary alicyclic amines) is 2. The average Bonchev–Trinajstić information content (AvgIpc) is 3.01. The maximum atomic E-state index is 13.1. The number of primary amides is 1. The Morgan fingerprint density at radius 3 is 2.25 bits per heavy atom. The number of urea groups is 1. The number of aromatic nitrogens is 1. The molecule has 2 aromatic rings. The highest BCUT2D eigenvalue weighted by Crippen LogP contribution is 2.45. The number of halogens is 3. The van der Waals surface area contributed by atoms with E-state index in [0.717, 1.165) is 66.8 Å². The summed E-state index contributed by atoms with van der Waals surface area (Å²) >= 11 is 19.5. The number of hydrogen-bond acceptors (Lipinski definition) is 3. The molecule has 2 saturated heterocycles. The number of fused-ring (bicyclic) bond motifs is 2. The van der Waals surface area contributed by atoms with Gasteiger partial charge in [0.15, 0.2) is 5.69 Å². The van der Waals surface area contributed by atoms with Crippen molar-refractivity contribution < 1.29 is 9.59 Å². The van der Waals surface area contributed by atoms with Gasteiger partial charge >= 0.3 is 6.03 Å². The molecule has 1 aromatic heterocycles. The highest BCUT2D eigenvalue weighted by atomic mass is 35.5. The second-order valence-electron chi connectivity index (χ2n) is 10.1. The minimum Gasteiger partial charge on any atom is -0.351 e. The van der Waals surface area contributed by atoms with E-state index in [2.05, 4.69) is 0 Å². The maximum Gasteiger partial charge on any atom is 0.314 e. The molecule has 2 aliphatic heterocycles. The summed E-state index contributed by atoms with van der Waals surface area (Å²) in [5.41, 5.74) is 9.65. The van der Waals surface area contributed by atoms with Crippen molar-refractivity contribution in [2.45, 2.75) is 44.9 Å². The van der Waals surface area contributed by atoms with Crippen LogP contribution in [0.2, 0.25) is 15.1 Å². The highest BCUT2D eigenvalue weighted by Gasteiger charge is 2.42. The molecule has 0 bridgehead atoms. The Hall–Kier alpha value is -2.15. The predicted octanol–water partition coefficient (Wildman–Crippen LogP) is 5.53. The van der Waals surface area contributed by atoms with Crippen LogP contribution in [0.15, 0.2) is 24.4 Å². The Bertz CT molecular complexity index is 1160. The molecule has 0 unspecified atom stereocenters. The Labute approximate surface area is 227 Å². The van der Waals surface area contributed by atoms with E-state index in [4.69, 9.17) is 45.5 Å². The van der Waals surface area contributed by atoms with Crippen LogP contribution in [0.3, 0.4) is 0 Å². The second-order valence-corrected chi connectivity index (χ2v) is 11.4. The first-order valence-electron chi connectivity index (χ1n) is 12.6. The van der Waals surface area contributed by atoms with Crippen LogP contribution in [0.5, 0.6) is 0 Å². The third-order valence-corrected chi connectivity index (χ3v) is 8.63. The Balaban J connectivity index is 1.31. The molecule has 9 heteroatoms. The number of nitrogens with two attached hydrogens (primary N) is 1. The Morgan fingerprint density at radius 2 is 1.56 bits per heavy atom. The van der Waals surface area contributed by atoms with E-state index < -0.39 is 0 Å². The number of hydrogen-bond donors (Lipinski definition) is 1. The largest absolute Gasteiger partial charge is 0.351 e. The van der Waals surface area contributed by atoms with Crippen molar-refractivity contribution in [3.63, 3.8) is 0 Å². The van der Waals surface area contributed by atoms with Gasteiger partial charge in [-0.05, 0) is 43.2 Å². The summed E-state index contributed by atoms with van der Waals surface area (Å²) in [5, 5.41) is 1.92. The quantitative estimate of drug-likeness (QED) is 0.512. The van der Waals surface area contributed by atoms with E-state index in [1.165, 1.54) is 0 Å². The zero-order valence-corrected chi connectivity index (χ0v) is 22.4. The fourth-order valence-corrected chi connectivity index (χ4v) is 6.79. The molecule has 0 radical (unpaired) electrons. The molecule has 6 nitrogen and oxygen atoms in total. The van der Waals surface area contributed by atoms with Crippen LogP contribution in [0.4, 0.5) is 4.79 Å². The SMILES string of the molecule is NC(=O)N1CCC(CC(=O)N2CCC([C+]3c4ncc(Cl)cc4CCc4cc(Cl)cc(Cl)c43)CC2)CC1. The van der Waals surface area contributed by atoms with Crippen LogP contribution in [0, 0.1) is 17.8 Å². The summed E-state index contributed by atoms with van der Waals surface area (Å²) in [6.45, 7) is 2.68. The minimum atomic E-state index is -0.375. The van der Waals surface area contributed by atoms with Crippen molar-refractivity contribution in [3.8, 4) is 0 Å². The van der Waals surface area contributed by atoms with E-state index >= 15 is 0 Å². The Kier molecular flexibility index (Phi) is 7.57. The van der Waals surface area contributed by atoms with Gasteiger partial charge in [-0.3, -0.25) is 4.79 Å². The van der Waals surface area contributed by atoms with E-state index in [9.17, 15) is 9.59 Å². The fourth-order valence-electron chi connectivity index (χ4n) is 5.98. The predicted molar refractivity (Wildman–Crippen MR) is 142 cm³/mol. The van der Waals surface area contributed by atoms with E-state index in [0.29, 0.717) is 53.6 Å². The van der Waals surface area contributed by atoms with Gasteiger partial charge in [-0.25, -0.2) is 9.78 Å². The first kappa shape index (κ1) is 25.5. The summed E-state index contributed by atoms with van der Waals surface area (Å²) < 4.78 is 0. The second kappa shape index (κ2) is 10.7. The third-order valence-electron chi connectivity index (χ3n) is 7.90. The summed E-state index contributed by atoms with van der Waals surface area (Å²) in [6, 6.07) is 5.46. The number of amides is 3. The van der Waals surface area contributed by atoms with Gasteiger partial charge < -0.3 is 15.5 Å². The van der Waals surface area contributed by atoms with Crippen molar-refractivity contribution in [3.05, 3.63) is 67.8 Å². The fraction of sp³-hybridized carbons (Fsp3) is 0.481. The topological polar surface area (TPSA) is 79.5 Å². The average molecular weight is 549 g/mol. The van der Waals surface area contributed by atoms with Crippen LogP contribution >= 0.6 is 34.8 Å². The number of aryl methyl sites for hydroxylation is 2. The lowest BCUT2D eigenvalue weighted by Crippen LogP contribution is -2.44. The molecule has 190 valence electrons. The first-order chi connectivity index (χ1) is 17.3. The number of pyridine rings is 1. The minimum absolute atomic E-state index is 0.201. The molecule has 0 spiro atoms. The van der Waals surface area contributed by atoms with E-state index in [1.54, 1.807) is 11.1 Å². The van der Waals surface area contributed by atoms with Crippen LogP contribution in [0.1, 0.15) is 54.5 Å². The Morgan fingerprint density at radius 1 is 0.917 bits per heavy atom. The molecule has 5 rings (SSSR count). The summed E-state index contributed by atoms with van der Waals surface area (Å²) in [6.07, 6.45) is 7.23. The molecule has 3 heterocycles. The van der Waals surface area contributed by atoms with Gasteiger partial charge in [-0.1, -0.05) is 23.2 Å². The number of carbonyl (C=O) groups excluding carboxylic acids is 2. The van der Waals surface area contributed by atoms with Crippen molar-refractivity contribution >= 4 is 46.7 Å². The number of benzene rings is 1. The number of nitrogens with zero attached hydrogens (tertiary/aromatic N) is 3. The molecule has 1 aliphatic carbocycles. The molecule has 1 aromatic carbocycles. The molecular weight excluding hydrogens is 519 g/mol. The molecule has 2 N–H and O–H groups in total. The lowest BCUT2D eigenvalue weighted by atomic mass is 9.76. The lowest BCUT2D eigenvalue weighted by Gasteiger charge is -2.36.